The molecule has 30 heavy (non-hydrogen) atoms. The molecule has 0 atom stereocenters. The van der Waals surface area contributed by atoms with Crippen molar-refractivity contribution in [1.82, 2.24) is 10.2 Å². The van der Waals surface area contributed by atoms with Gasteiger partial charge >= 0.3 is 0 Å². The molecule has 4 rings (SSSR count). The van der Waals surface area contributed by atoms with E-state index in [2.05, 4.69) is 15.5 Å². The van der Waals surface area contributed by atoms with E-state index in [0.29, 0.717) is 10.9 Å². The number of amides is 2. The molecule has 0 radical (unpaired) electrons. The van der Waals surface area contributed by atoms with E-state index < -0.39 is 11.7 Å². The number of halogens is 2. The third kappa shape index (κ3) is 4.48. The number of thioether (sulfide) groups is 1. The smallest absolute Gasteiger partial charge is 0.261 e. The molecule has 0 saturated carbocycles. The molecule has 154 valence electrons. The van der Waals surface area contributed by atoms with Crippen LogP contribution in [0.2, 0.25) is 5.02 Å². The molecule has 2 amide bonds. The standard InChI is InChI=1S/C20H16ClFN4O2S2/c21-13-7-3-8-14(22)17(13)18(28)23-19-24-25-20(30-19)29-11-16(27)26-10-4-6-12-5-1-2-9-15(12)26/h1-3,5,7-9H,4,6,10-11H2,(H,23,24,28). The zero-order valence-electron chi connectivity index (χ0n) is 15.6. The lowest BCUT2D eigenvalue weighted by Crippen LogP contribution is -2.36. The van der Waals surface area contributed by atoms with Crippen LogP contribution in [0.4, 0.5) is 15.2 Å². The van der Waals surface area contributed by atoms with Gasteiger partial charge in [-0.05, 0) is 36.6 Å². The number of nitrogens with one attached hydrogen (secondary N) is 1. The van der Waals surface area contributed by atoms with E-state index in [4.69, 9.17) is 11.6 Å². The summed E-state index contributed by atoms with van der Waals surface area (Å²) in [6.07, 6.45) is 1.90. The van der Waals surface area contributed by atoms with Gasteiger partial charge in [0.1, 0.15) is 5.82 Å². The average molecular weight is 463 g/mol. The second-order valence-electron chi connectivity index (χ2n) is 6.49. The Morgan fingerprint density at radius 3 is 2.87 bits per heavy atom. The summed E-state index contributed by atoms with van der Waals surface area (Å²) < 4.78 is 14.4. The average Bonchev–Trinajstić information content (AvgIpc) is 3.18. The number of anilines is 2. The Morgan fingerprint density at radius 1 is 1.20 bits per heavy atom. The summed E-state index contributed by atoms with van der Waals surface area (Å²) in [6, 6.07) is 11.9. The first-order valence-corrected chi connectivity index (χ1v) is 11.3. The minimum Gasteiger partial charge on any atom is -0.311 e. The van der Waals surface area contributed by atoms with Crippen LogP contribution in [0.25, 0.3) is 0 Å². The predicted molar refractivity (Wildman–Crippen MR) is 117 cm³/mol. The van der Waals surface area contributed by atoms with Gasteiger partial charge in [-0.15, -0.1) is 10.2 Å². The number of benzene rings is 2. The fourth-order valence-electron chi connectivity index (χ4n) is 3.19. The quantitative estimate of drug-likeness (QED) is 0.441. The Morgan fingerprint density at radius 2 is 2.03 bits per heavy atom. The van der Waals surface area contributed by atoms with Crippen molar-refractivity contribution in [3.05, 3.63) is 64.4 Å². The topological polar surface area (TPSA) is 75.2 Å². The van der Waals surface area contributed by atoms with E-state index in [9.17, 15) is 14.0 Å². The monoisotopic (exact) mass is 462 g/mol. The molecule has 0 aliphatic carbocycles. The van der Waals surface area contributed by atoms with E-state index in [1.54, 1.807) is 4.90 Å². The highest BCUT2D eigenvalue weighted by atomic mass is 35.5. The number of hydrogen-bond acceptors (Lipinski definition) is 6. The molecule has 0 unspecified atom stereocenters. The largest absolute Gasteiger partial charge is 0.311 e. The Hall–Kier alpha value is -2.49. The van der Waals surface area contributed by atoms with Gasteiger partial charge in [0.2, 0.25) is 11.0 Å². The molecule has 0 fully saturated rings. The third-order valence-corrected chi connectivity index (χ3v) is 6.82. The summed E-state index contributed by atoms with van der Waals surface area (Å²) in [6.45, 7) is 0.692. The van der Waals surface area contributed by atoms with E-state index in [1.165, 1.54) is 29.5 Å². The maximum atomic E-state index is 13.9. The number of para-hydroxylation sites is 1. The summed E-state index contributed by atoms with van der Waals surface area (Å²) in [5.41, 5.74) is 1.89. The van der Waals surface area contributed by atoms with Gasteiger partial charge in [0, 0.05) is 12.2 Å². The van der Waals surface area contributed by atoms with Crippen LogP contribution < -0.4 is 10.2 Å². The SMILES string of the molecule is O=C(Nc1nnc(SCC(=O)N2CCCc3ccccc32)s1)c1c(F)cccc1Cl. The number of carbonyl (C=O) groups excluding carboxylic acids is 2. The van der Waals surface area contributed by atoms with Crippen molar-refractivity contribution in [2.45, 2.75) is 17.2 Å². The van der Waals surface area contributed by atoms with Crippen molar-refractivity contribution < 1.29 is 14.0 Å². The molecule has 2 aromatic carbocycles. The van der Waals surface area contributed by atoms with Crippen molar-refractivity contribution in [2.75, 3.05) is 22.5 Å². The fourth-order valence-corrected chi connectivity index (χ4v) is 5.06. The van der Waals surface area contributed by atoms with Crippen LogP contribution in [0.3, 0.4) is 0 Å². The molecular weight excluding hydrogens is 447 g/mol. The van der Waals surface area contributed by atoms with E-state index in [1.807, 2.05) is 24.3 Å². The first-order valence-electron chi connectivity index (χ1n) is 9.13. The molecule has 10 heteroatoms. The van der Waals surface area contributed by atoms with Crippen LogP contribution in [0.15, 0.2) is 46.8 Å². The van der Waals surface area contributed by atoms with Gasteiger partial charge in [-0.1, -0.05) is 59.0 Å². The molecule has 3 aromatic rings. The van der Waals surface area contributed by atoms with Crippen LogP contribution in [-0.4, -0.2) is 34.3 Å². The molecule has 1 N–H and O–H groups in total. The third-order valence-electron chi connectivity index (χ3n) is 4.55. The van der Waals surface area contributed by atoms with Gasteiger partial charge in [-0.25, -0.2) is 4.39 Å². The van der Waals surface area contributed by atoms with Gasteiger partial charge in [-0.3, -0.25) is 14.9 Å². The maximum absolute atomic E-state index is 13.9. The number of aryl methyl sites for hydroxylation is 1. The van der Waals surface area contributed by atoms with Crippen LogP contribution in [0, 0.1) is 5.82 Å². The van der Waals surface area contributed by atoms with Crippen LogP contribution in [0.1, 0.15) is 22.3 Å². The van der Waals surface area contributed by atoms with E-state index >= 15 is 0 Å². The summed E-state index contributed by atoms with van der Waals surface area (Å²) in [5, 5.41) is 10.6. The first-order chi connectivity index (χ1) is 14.5. The normalized spacial score (nSPS) is 13.1. The van der Waals surface area contributed by atoms with Crippen molar-refractivity contribution in [3.8, 4) is 0 Å². The van der Waals surface area contributed by atoms with Gasteiger partial charge in [0.25, 0.3) is 5.91 Å². The molecule has 1 aromatic heterocycles. The second-order valence-corrected chi connectivity index (χ2v) is 9.10. The molecular formula is C20H16ClFN4O2S2. The lowest BCUT2D eigenvalue weighted by molar-refractivity contribution is -0.116. The lowest BCUT2D eigenvalue weighted by atomic mass is 10.0. The zero-order valence-corrected chi connectivity index (χ0v) is 18.0. The first kappa shape index (κ1) is 20.8. The van der Waals surface area contributed by atoms with Crippen molar-refractivity contribution in [2.24, 2.45) is 0 Å². The second kappa shape index (κ2) is 9.11. The van der Waals surface area contributed by atoms with Crippen molar-refractivity contribution in [1.29, 1.82) is 0 Å². The van der Waals surface area contributed by atoms with Crippen LogP contribution in [0.5, 0.6) is 0 Å². The number of rotatable bonds is 5. The lowest BCUT2D eigenvalue weighted by Gasteiger charge is -2.29. The summed E-state index contributed by atoms with van der Waals surface area (Å²) in [7, 11) is 0. The number of aromatic nitrogens is 2. The Kier molecular flexibility index (Phi) is 6.31. The van der Waals surface area contributed by atoms with Gasteiger partial charge < -0.3 is 4.90 Å². The van der Waals surface area contributed by atoms with Crippen LogP contribution >= 0.6 is 34.7 Å². The molecule has 2 heterocycles. The molecule has 1 aliphatic rings. The highest BCUT2D eigenvalue weighted by molar-refractivity contribution is 8.01. The predicted octanol–water partition coefficient (Wildman–Crippen LogP) is 4.65. The number of nitrogens with zero attached hydrogens (tertiary/aromatic N) is 3. The molecule has 0 bridgehead atoms. The summed E-state index contributed by atoms with van der Waals surface area (Å²) in [4.78, 5) is 26.8. The maximum Gasteiger partial charge on any atom is 0.261 e. The Labute approximate surface area is 185 Å². The number of fused-ring (bicyclic) bond motifs is 1. The minimum atomic E-state index is -0.716. The van der Waals surface area contributed by atoms with E-state index in [0.717, 1.165) is 35.9 Å². The van der Waals surface area contributed by atoms with Gasteiger partial charge in [-0.2, -0.15) is 0 Å². The molecule has 6 nitrogen and oxygen atoms in total. The summed E-state index contributed by atoms with van der Waals surface area (Å²) in [5.74, 6) is -1.22. The van der Waals surface area contributed by atoms with Gasteiger partial charge in [0.05, 0.1) is 16.3 Å². The number of hydrogen-bond donors (Lipinski definition) is 1. The Bertz CT molecular complexity index is 1090. The molecule has 0 saturated heterocycles. The molecule has 0 spiro atoms. The minimum absolute atomic E-state index is 0.00826. The molecule has 1 aliphatic heterocycles. The van der Waals surface area contributed by atoms with Gasteiger partial charge in [0.15, 0.2) is 4.34 Å². The zero-order chi connectivity index (χ0) is 21.1. The number of carbonyl (C=O) groups is 2. The Balaban J connectivity index is 1.37. The van der Waals surface area contributed by atoms with Crippen LogP contribution in [-0.2, 0) is 11.2 Å². The van der Waals surface area contributed by atoms with Crippen molar-refractivity contribution in [3.63, 3.8) is 0 Å². The summed E-state index contributed by atoms with van der Waals surface area (Å²) >= 11 is 8.27. The fraction of sp³-hybridized carbons (Fsp3) is 0.200. The van der Waals surface area contributed by atoms with Crippen molar-refractivity contribution >= 4 is 57.3 Å². The highest BCUT2D eigenvalue weighted by Gasteiger charge is 2.23. The van der Waals surface area contributed by atoms with E-state index in [-0.39, 0.29) is 27.4 Å². The highest BCUT2D eigenvalue weighted by Crippen LogP contribution is 2.30.